The number of hydrogen-bond donors (Lipinski definition) is 1. The lowest BCUT2D eigenvalue weighted by molar-refractivity contribution is -0.0664. The Labute approximate surface area is 157 Å². The molecule has 8 heteroatoms. The van der Waals surface area contributed by atoms with Gasteiger partial charge >= 0.3 is 0 Å². The van der Waals surface area contributed by atoms with Crippen molar-refractivity contribution in [1.82, 2.24) is 29.9 Å². The van der Waals surface area contributed by atoms with Crippen LogP contribution in [-0.4, -0.2) is 35.4 Å². The molecule has 3 fully saturated rings. The Morgan fingerprint density at radius 1 is 1.07 bits per heavy atom. The molecule has 140 valence electrons. The topological polar surface area (TPSA) is 109 Å². The summed E-state index contributed by atoms with van der Waals surface area (Å²) in [5, 5.41) is 8.87. The highest BCUT2D eigenvalue weighted by Crippen LogP contribution is 2.65. The smallest absolute Gasteiger partial charge is 0.251 e. The summed E-state index contributed by atoms with van der Waals surface area (Å²) in [4.78, 5) is 13.7. The average Bonchev–Trinajstić information content (AvgIpc) is 3.10. The molecule has 0 aromatic carbocycles. The van der Waals surface area contributed by atoms with Crippen molar-refractivity contribution >= 4 is 0 Å². The minimum absolute atomic E-state index is 0.0288. The van der Waals surface area contributed by atoms with Crippen LogP contribution >= 0.6 is 0 Å². The highest BCUT2D eigenvalue weighted by atomic mass is 16.5. The number of aromatic nitrogens is 6. The molecule has 2 N–H and O–H groups in total. The van der Waals surface area contributed by atoms with Crippen LogP contribution in [0.25, 0.3) is 5.95 Å². The number of nitrogens with two attached hydrogens (primary N) is 1. The predicted octanol–water partition coefficient (Wildman–Crippen LogP) is 2.00. The Kier molecular flexibility index (Phi) is 3.20. The summed E-state index contributed by atoms with van der Waals surface area (Å²) in [6.07, 6.45) is 3.47. The second-order valence-electron chi connectivity index (χ2n) is 8.37. The molecule has 2 bridgehead atoms. The maximum atomic E-state index is 6.15. The fraction of sp³-hybridized carbons (Fsp3) is 0.526. The van der Waals surface area contributed by atoms with Crippen LogP contribution in [0.4, 0.5) is 0 Å². The van der Waals surface area contributed by atoms with Gasteiger partial charge in [-0.3, -0.25) is 0 Å². The molecule has 0 atom stereocenters. The van der Waals surface area contributed by atoms with E-state index in [1.54, 1.807) is 4.68 Å². The normalized spacial score (nSPS) is 26.0. The molecule has 0 spiro atoms. The van der Waals surface area contributed by atoms with E-state index in [0.29, 0.717) is 18.3 Å². The molecule has 0 saturated heterocycles. The molecular formula is C19H23N7O. The van der Waals surface area contributed by atoms with Crippen LogP contribution in [0.5, 0.6) is 0 Å². The molecule has 3 aliphatic rings. The number of nitrogens with zero attached hydrogens (tertiary/aromatic N) is 6. The molecule has 6 rings (SSSR count). The first kappa shape index (κ1) is 16.6. The number of rotatable bonds is 4. The van der Waals surface area contributed by atoms with Crippen molar-refractivity contribution in [2.45, 2.75) is 64.3 Å². The zero-order valence-electron chi connectivity index (χ0n) is 16.1. The van der Waals surface area contributed by atoms with E-state index in [2.05, 4.69) is 25.2 Å². The first-order valence-electron chi connectivity index (χ1n) is 9.27. The lowest BCUT2D eigenvalue weighted by Crippen LogP contribution is -2.74. The Balaban J connectivity index is 1.43. The first-order valence-corrected chi connectivity index (χ1v) is 9.27. The van der Waals surface area contributed by atoms with Gasteiger partial charge in [0.15, 0.2) is 5.82 Å². The van der Waals surface area contributed by atoms with Gasteiger partial charge in [-0.25, -0.2) is 14.6 Å². The highest BCUT2D eigenvalue weighted by Gasteiger charge is 2.68. The van der Waals surface area contributed by atoms with Crippen molar-refractivity contribution in [3.8, 4) is 5.95 Å². The zero-order valence-corrected chi connectivity index (χ0v) is 16.1. The predicted molar refractivity (Wildman–Crippen MR) is 97.7 cm³/mol. The fourth-order valence-electron chi connectivity index (χ4n) is 4.72. The maximum absolute atomic E-state index is 6.15. The Morgan fingerprint density at radius 2 is 1.74 bits per heavy atom. The van der Waals surface area contributed by atoms with Gasteiger partial charge in [0.2, 0.25) is 5.89 Å². The van der Waals surface area contributed by atoms with E-state index in [-0.39, 0.29) is 11.0 Å². The molecule has 0 aliphatic heterocycles. The molecule has 0 unspecified atom stereocenters. The maximum Gasteiger partial charge on any atom is 0.251 e. The van der Waals surface area contributed by atoms with Crippen molar-refractivity contribution in [1.29, 1.82) is 0 Å². The second kappa shape index (κ2) is 5.22. The molecule has 3 aromatic heterocycles. The molecule has 0 amide bonds. The van der Waals surface area contributed by atoms with Crippen LogP contribution in [0.1, 0.15) is 59.3 Å². The minimum Gasteiger partial charge on any atom is -0.339 e. The SMILES string of the molecule is Cc1cc(C)nc(-n2nc(C)c(Cc3nc(C45CC(N)(C4)C5)no3)c2C)n1. The van der Waals surface area contributed by atoms with E-state index in [1.807, 2.05) is 33.8 Å². The summed E-state index contributed by atoms with van der Waals surface area (Å²) >= 11 is 0. The third-order valence-corrected chi connectivity index (χ3v) is 5.94. The van der Waals surface area contributed by atoms with Gasteiger partial charge in [-0.15, -0.1) is 0 Å². The summed E-state index contributed by atoms with van der Waals surface area (Å²) in [6.45, 7) is 7.92. The van der Waals surface area contributed by atoms with Crippen LogP contribution in [0.3, 0.4) is 0 Å². The van der Waals surface area contributed by atoms with E-state index >= 15 is 0 Å². The van der Waals surface area contributed by atoms with Crippen LogP contribution in [0.2, 0.25) is 0 Å². The summed E-state index contributed by atoms with van der Waals surface area (Å²) in [6, 6.07) is 1.95. The van der Waals surface area contributed by atoms with Gasteiger partial charge in [-0.05, 0) is 53.0 Å². The largest absolute Gasteiger partial charge is 0.339 e. The Morgan fingerprint density at radius 3 is 2.37 bits per heavy atom. The lowest BCUT2D eigenvalue weighted by Gasteiger charge is -2.67. The lowest BCUT2D eigenvalue weighted by atomic mass is 9.39. The second-order valence-corrected chi connectivity index (χ2v) is 8.37. The molecule has 27 heavy (non-hydrogen) atoms. The van der Waals surface area contributed by atoms with Crippen molar-refractivity contribution < 1.29 is 4.52 Å². The molecule has 0 radical (unpaired) electrons. The van der Waals surface area contributed by atoms with E-state index in [4.69, 9.17) is 10.3 Å². The monoisotopic (exact) mass is 365 g/mol. The van der Waals surface area contributed by atoms with Gasteiger partial charge in [0, 0.05) is 33.6 Å². The summed E-state index contributed by atoms with van der Waals surface area (Å²) < 4.78 is 7.33. The van der Waals surface area contributed by atoms with Gasteiger partial charge in [-0.2, -0.15) is 10.1 Å². The third-order valence-electron chi connectivity index (χ3n) is 5.94. The van der Waals surface area contributed by atoms with E-state index < -0.39 is 0 Å². The highest BCUT2D eigenvalue weighted by molar-refractivity contribution is 5.35. The minimum atomic E-state index is 0.0288. The van der Waals surface area contributed by atoms with Gasteiger partial charge in [-0.1, -0.05) is 5.16 Å². The Hall–Kier alpha value is -2.61. The molecular weight excluding hydrogens is 342 g/mol. The summed E-state index contributed by atoms with van der Waals surface area (Å²) in [5.41, 5.74) is 11.1. The van der Waals surface area contributed by atoms with Crippen molar-refractivity contribution in [2.75, 3.05) is 0 Å². The van der Waals surface area contributed by atoms with E-state index in [9.17, 15) is 0 Å². The van der Waals surface area contributed by atoms with Crippen LogP contribution in [0.15, 0.2) is 10.6 Å². The summed E-state index contributed by atoms with van der Waals surface area (Å²) in [7, 11) is 0. The van der Waals surface area contributed by atoms with Crippen LogP contribution < -0.4 is 5.73 Å². The molecule has 3 saturated carbocycles. The van der Waals surface area contributed by atoms with Crippen LogP contribution in [0, 0.1) is 27.7 Å². The Bertz CT molecular complexity index is 1020. The summed E-state index contributed by atoms with van der Waals surface area (Å²) in [5.74, 6) is 2.02. The quantitative estimate of drug-likeness (QED) is 0.753. The van der Waals surface area contributed by atoms with Crippen molar-refractivity contribution in [3.63, 3.8) is 0 Å². The third kappa shape index (κ3) is 2.43. The van der Waals surface area contributed by atoms with Crippen molar-refractivity contribution in [3.05, 3.63) is 46.1 Å². The first-order chi connectivity index (χ1) is 12.8. The molecule has 3 aromatic rings. The van der Waals surface area contributed by atoms with Gasteiger partial charge in [0.1, 0.15) is 0 Å². The standard InChI is InChI=1S/C19H23N7O/c1-10-5-11(2)22-17(21-10)26-13(4)14(12(3)24-26)6-15-23-16(25-27-15)18-7-19(20,8-18)9-18/h5H,6-9,20H2,1-4H3. The van der Waals surface area contributed by atoms with Crippen molar-refractivity contribution in [2.24, 2.45) is 5.73 Å². The molecule has 8 nitrogen and oxygen atoms in total. The average molecular weight is 365 g/mol. The van der Waals surface area contributed by atoms with Crippen LogP contribution in [-0.2, 0) is 11.8 Å². The number of hydrogen-bond acceptors (Lipinski definition) is 7. The van der Waals surface area contributed by atoms with E-state index in [0.717, 1.165) is 53.4 Å². The van der Waals surface area contributed by atoms with E-state index in [1.165, 1.54) is 0 Å². The van der Waals surface area contributed by atoms with Gasteiger partial charge < -0.3 is 10.3 Å². The zero-order chi connectivity index (χ0) is 19.0. The fourth-order valence-corrected chi connectivity index (χ4v) is 4.72. The number of aryl methyl sites for hydroxylation is 3. The van der Waals surface area contributed by atoms with Gasteiger partial charge in [0.05, 0.1) is 12.1 Å². The van der Waals surface area contributed by atoms with Gasteiger partial charge in [0.25, 0.3) is 5.95 Å². The molecule has 3 heterocycles. The molecule has 3 aliphatic carbocycles.